The molecular formula is C23H27N5O3. The number of likely N-dealkylation sites (tertiary alicyclic amines) is 1. The van der Waals surface area contributed by atoms with E-state index >= 15 is 0 Å². The maximum Gasteiger partial charge on any atom is 0.289 e. The van der Waals surface area contributed by atoms with E-state index in [2.05, 4.69) is 16.1 Å². The summed E-state index contributed by atoms with van der Waals surface area (Å²) in [6.07, 6.45) is 6.39. The quantitative estimate of drug-likeness (QED) is 0.630. The van der Waals surface area contributed by atoms with Crippen molar-refractivity contribution in [1.82, 2.24) is 24.1 Å². The van der Waals surface area contributed by atoms with Crippen LogP contribution in [0.4, 0.5) is 0 Å². The smallest absolute Gasteiger partial charge is 0.289 e. The Labute approximate surface area is 180 Å². The Morgan fingerprint density at radius 2 is 2.10 bits per heavy atom. The summed E-state index contributed by atoms with van der Waals surface area (Å²) in [5.41, 5.74) is 3.06. The van der Waals surface area contributed by atoms with Gasteiger partial charge in [-0.3, -0.25) is 19.2 Å². The minimum atomic E-state index is -0.0656. The van der Waals surface area contributed by atoms with Gasteiger partial charge in [-0.25, -0.2) is 0 Å². The summed E-state index contributed by atoms with van der Waals surface area (Å²) >= 11 is 0. The largest absolute Gasteiger partial charge is 0.459 e. The lowest BCUT2D eigenvalue weighted by Crippen LogP contribution is -2.49. The Bertz CT molecular complexity index is 1150. The van der Waals surface area contributed by atoms with Crippen LogP contribution in [0, 0.1) is 5.92 Å². The predicted octanol–water partition coefficient (Wildman–Crippen LogP) is 2.07. The second-order valence-electron chi connectivity index (χ2n) is 8.88. The van der Waals surface area contributed by atoms with Crippen molar-refractivity contribution in [2.75, 3.05) is 20.1 Å². The summed E-state index contributed by atoms with van der Waals surface area (Å²) in [6.45, 7) is 3.27. The molecule has 3 aromatic heterocycles. The molecule has 1 saturated heterocycles. The number of aryl methyl sites for hydroxylation is 1. The third kappa shape index (κ3) is 3.83. The van der Waals surface area contributed by atoms with Gasteiger partial charge in [0.1, 0.15) is 0 Å². The maximum absolute atomic E-state index is 13.3. The third-order valence-corrected chi connectivity index (χ3v) is 6.35. The molecule has 0 radical (unpaired) electrons. The highest BCUT2D eigenvalue weighted by Gasteiger charge is 2.37. The highest BCUT2D eigenvalue weighted by atomic mass is 16.3. The topological polar surface area (TPSA) is 76.5 Å². The molecule has 2 bridgehead atoms. The lowest BCUT2D eigenvalue weighted by atomic mass is 9.83. The van der Waals surface area contributed by atoms with E-state index in [1.165, 1.54) is 6.26 Å². The van der Waals surface area contributed by atoms with Crippen molar-refractivity contribution in [3.8, 4) is 0 Å². The number of fused-ring (bicyclic) bond motifs is 4. The van der Waals surface area contributed by atoms with Crippen LogP contribution >= 0.6 is 0 Å². The summed E-state index contributed by atoms with van der Waals surface area (Å²) < 4.78 is 9.03. The number of piperidine rings is 1. The Morgan fingerprint density at radius 3 is 2.84 bits per heavy atom. The molecule has 0 saturated carbocycles. The summed E-state index contributed by atoms with van der Waals surface area (Å²) in [6, 6.07) is 7.48. The number of furan rings is 1. The Kier molecular flexibility index (Phi) is 5.02. The molecular weight excluding hydrogens is 394 g/mol. The molecule has 1 fully saturated rings. The number of carbonyl (C=O) groups is 1. The number of amides is 1. The Hall–Kier alpha value is -3.13. The first kappa shape index (κ1) is 19.8. The molecule has 0 aliphatic carbocycles. The van der Waals surface area contributed by atoms with E-state index in [-0.39, 0.29) is 23.3 Å². The molecule has 2 aliphatic heterocycles. The SMILES string of the molecule is CN(Cc1cnn(C)c1)Cc1ccc2n(c1=O)C[C@H]1C[C@@H]2CN(C(=O)c2ccco2)C1. The molecule has 0 N–H and O–H groups in total. The fourth-order valence-electron chi connectivity index (χ4n) is 5.05. The van der Waals surface area contributed by atoms with Crippen LogP contribution in [0.5, 0.6) is 0 Å². The highest BCUT2D eigenvalue weighted by molar-refractivity contribution is 5.91. The Balaban J connectivity index is 1.33. The first-order valence-electron chi connectivity index (χ1n) is 10.7. The molecule has 1 amide bonds. The monoisotopic (exact) mass is 421 g/mol. The predicted molar refractivity (Wildman–Crippen MR) is 115 cm³/mol. The zero-order chi connectivity index (χ0) is 21.5. The van der Waals surface area contributed by atoms with Crippen molar-refractivity contribution in [1.29, 1.82) is 0 Å². The number of aromatic nitrogens is 3. The fourth-order valence-corrected chi connectivity index (χ4v) is 5.05. The van der Waals surface area contributed by atoms with Crippen LogP contribution in [0.3, 0.4) is 0 Å². The van der Waals surface area contributed by atoms with Crippen LogP contribution in [0.2, 0.25) is 0 Å². The van der Waals surface area contributed by atoms with Crippen molar-refractivity contribution < 1.29 is 9.21 Å². The molecule has 2 atom stereocenters. The zero-order valence-corrected chi connectivity index (χ0v) is 17.9. The average Bonchev–Trinajstić information content (AvgIpc) is 3.42. The number of hydrogen-bond donors (Lipinski definition) is 0. The van der Waals surface area contributed by atoms with E-state index < -0.39 is 0 Å². The van der Waals surface area contributed by atoms with Gasteiger partial charge < -0.3 is 13.9 Å². The first-order valence-corrected chi connectivity index (χ1v) is 10.7. The standard InChI is InChI=1S/C23H27N5O3/c1-25(10-17-9-24-26(2)11-17)14-18-5-6-20-19-8-16(13-28(20)22(18)29)12-27(15-19)23(30)21-4-3-7-31-21/h3-7,9,11,16,19H,8,10,12-15H2,1-2H3/t16-,19+/m0/s1. The van der Waals surface area contributed by atoms with Gasteiger partial charge in [0.15, 0.2) is 5.76 Å². The highest BCUT2D eigenvalue weighted by Crippen LogP contribution is 2.35. The lowest BCUT2D eigenvalue weighted by molar-refractivity contribution is 0.0563. The number of pyridine rings is 1. The fraction of sp³-hybridized carbons (Fsp3) is 0.435. The number of hydrogen-bond acceptors (Lipinski definition) is 5. The molecule has 0 unspecified atom stereocenters. The van der Waals surface area contributed by atoms with Crippen LogP contribution < -0.4 is 5.56 Å². The van der Waals surface area contributed by atoms with Gasteiger partial charge in [0.25, 0.3) is 11.5 Å². The van der Waals surface area contributed by atoms with Crippen LogP contribution in [0.25, 0.3) is 0 Å². The number of nitrogens with zero attached hydrogens (tertiary/aromatic N) is 5. The van der Waals surface area contributed by atoms with Crippen LogP contribution in [0.1, 0.15) is 39.7 Å². The van der Waals surface area contributed by atoms with Crippen molar-refractivity contribution in [3.05, 3.63) is 75.9 Å². The molecule has 5 heterocycles. The van der Waals surface area contributed by atoms with Crippen LogP contribution in [0.15, 0.2) is 52.1 Å². The van der Waals surface area contributed by atoms with Crippen molar-refractivity contribution in [3.63, 3.8) is 0 Å². The van der Waals surface area contributed by atoms with E-state index in [0.29, 0.717) is 31.9 Å². The number of carbonyl (C=O) groups excluding carboxylic acids is 1. The number of rotatable bonds is 5. The molecule has 0 spiro atoms. The minimum absolute atomic E-state index is 0.0656. The van der Waals surface area contributed by atoms with E-state index in [4.69, 9.17) is 4.42 Å². The van der Waals surface area contributed by atoms with E-state index in [9.17, 15) is 9.59 Å². The van der Waals surface area contributed by atoms with Gasteiger partial charge in [0.2, 0.25) is 0 Å². The molecule has 0 aromatic carbocycles. The molecule has 8 heteroatoms. The van der Waals surface area contributed by atoms with Gasteiger partial charge >= 0.3 is 0 Å². The third-order valence-electron chi connectivity index (χ3n) is 6.35. The van der Waals surface area contributed by atoms with Crippen molar-refractivity contribution in [2.45, 2.75) is 32.0 Å². The van der Waals surface area contributed by atoms with E-state index in [0.717, 1.165) is 29.8 Å². The normalized spacial score (nSPS) is 20.2. The average molecular weight is 422 g/mol. The summed E-state index contributed by atoms with van der Waals surface area (Å²) in [7, 11) is 3.92. The Morgan fingerprint density at radius 1 is 1.23 bits per heavy atom. The molecule has 8 nitrogen and oxygen atoms in total. The van der Waals surface area contributed by atoms with Crippen LogP contribution in [-0.4, -0.2) is 50.2 Å². The van der Waals surface area contributed by atoms with Gasteiger partial charge in [-0.1, -0.05) is 6.07 Å². The van der Waals surface area contributed by atoms with Gasteiger partial charge in [0.05, 0.1) is 12.5 Å². The van der Waals surface area contributed by atoms with E-state index in [1.807, 2.05) is 42.0 Å². The summed E-state index contributed by atoms with van der Waals surface area (Å²) in [5.74, 6) is 0.779. The molecule has 5 rings (SSSR count). The molecule has 31 heavy (non-hydrogen) atoms. The molecule has 2 aliphatic rings. The molecule has 162 valence electrons. The van der Waals surface area contributed by atoms with Gasteiger partial charge in [-0.05, 0) is 37.6 Å². The minimum Gasteiger partial charge on any atom is -0.459 e. The van der Waals surface area contributed by atoms with Crippen molar-refractivity contribution in [2.24, 2.45) is 13.0 Å². The van der Waals surface area contributed by atoms with E-state index in [1.54, 1.807) is 16.8 Å². The van der Waals surface area contributed by atoms with Gasteiger partial charge in [-0.2, -0.15) is 5.10 Å². The van der Waals surface area contributed by atoms with Crippen LogP contribution in [-0.2, 0) is 26.7 Å². The summed E-state index contributed by atoms with van der Waals surface area (Å²) in [5, 5.41) is 4.21. The van der Waals surface area contributed by atoms with Gasteiger partial charge in [0, 0.05) is 68.7 Å². The molecule has 3 aromatic rings. The maximum atomic E-state index is 13.3. The first-order chi connectivity index (χ1) is 15.0. The zero-order valence-electron chi connectivity index (χ0n) is 17.9. The lowest BCUT2D eigenvalue weighted by Gasteiger charge is -2.42. The van der Waals surface area contributed by atoms with Crippen molar-refractivity contribution >= 4 is 5.91 Å². The summed E-state index contributed by atoms with van der Waals surface area (Å²) in [4.78, 5) is 30.0. The van der Waals surface area contributed by atoms with Gasteiger partial charge in [-0.15, -0.1) is 0 Å². The second kappa shape index (κ2) is 7.85. The second-order valence-corrected chi connectivity index (χ2v) is 8.88.